The largest absolute Gasteiger partial charge is 0.389 e. The van der Waals surface area contributed by atoms with Crippen molar-refractivity contribution in [3.8, 4) is 0 Å². The van der Waals surface area contributed by atoms with Gasteiger partial charge in [0.1, 0.15) is 5.69 Å². The fourth-order valence-electron chi connectivity index (χ4n) is 4.55. The van der Waals surface area contributed by atoms with Crippen LogP contribution in [-0.2, 0) is 9.59 Å². The Kier molecular flexibility index (Phi) is 7.15. The predicted molar refractivity (Wildman–Crippen MR) is 127 cm³/mol. The monoisotopic (exact) mass is 515 g/mol. The van der Waals surface area contributed by atoms with Gasteiger partial charge in [-0.1, -0.05) is 12.1 Å². The molecule has 0 aliphatic heterocycles. The first kappa shape index (κ1) is 26.6. The van der Waals surface area contributed by atoms with Crippen LogP contribution in [0.1, 0.15) is 24.8 Å². The van der Waals surface area contributed by atoms with Crippen molar-refractivity contribution in [1.29, 1.82) is 0 Å². The number of nitro groups is 3. The van der Waals surface area contributed by atoms with Crippen LogP contribution in [0.3, 0.4) is 0 Å². The van der Waals surface area contributed by atoms with Gasteiger partial charge in [-0.3, -0.25) is 45.4 Å². The molecule has 2 aromatic rings. The van der Waals surface area contributed by atoms with Gasteiger partial charge in [-0.25, -0.2) is 0 Å². The van der Waals surface area contributed by atoms with E-state index in [9.17, 15) is 45.0 Å². The van der Waals surface area contributed by atoms with E-state index in [0.29, 0.717) is 6.07 Å². The number of rotatable bonds is 8. The molecule has 2 aromatic carbocycles. The molecule has 6 N–H and O–H groups in total. The lowest BCUT2D eigenvalue weighted by Crippen LogP contribution is -2.57. The third-order valence-electron chi connectivity index (χ3n) is 6.07. The number of anilines is 1. The van der Waals surface area contributed by atoms with E-state index in [1.807, 2.05) is 0 Å². The highest BCUT2D eigenvalue weighted by atomic mass is 16.6. The van der Waals surface area contributed by atoms with Crippen LogP contribution in [0.4, 0.5) is 22.7 Å². The lowest BCUT2D eigenvalue weighted by molar-refractivity contribution is -0.393. The van der Waals surface area contributed by atoms with Gasteiger partial charge in [-0.05, 0) is 18.6 Å². The summed E-state index contributed by atoms with van der Waals surface area (Å²) in [6.45, 7) is 1.26. The maximum atomic E-state index is 12.6. The Morgan fingerprint density at radius 2 is 1.62 bits per heavy atom. The number of nitrogens with zero attached hydrogens (tertiary/aromatic N) is 4. The number of nitrogens with two attached hydrogens (primary N) is 2. The zero-order valence-electron chi connectivity index (χ0n) is 19.1. The zero-order chi connectivity index (χ0) is 27.7. The first-order valence-corrected chi connectivity index (χ1v) is 10.5. The van der Waals surface area contributed by atoms with Crippen LogP contribution in [0.5, 0.6) is 0 Å². The van der Waals surface area contributed by atoms with Crippen molar-refractivity contribution in [2.24, 2.45) is 28.4 Å². The van der Waals surface area contributed by atoms with E-state index in [0.717, 1.165) is 18.2 Å². The molecule has 16 nitrogen and oxygen atoms in total. The summed E-state index contributed by atoms with van der Waals surface area (Å²) in [6.07, 6.45) is -0.423. The third kappa shape index (κ3) is 5.32. The Balaban J connectivity index is 2.16. The quantitative estimate of drug-likeness (QED) is 0.289. The summed E-state index contributed by atoms with van der Waals surface area (Å²) >= 11 is 0. The molecule has 194 valence electrons. The number of hydrogen-bond acceptors (Lipinski definition) is 11. The highest BCUT2D eigenvalue weighted by molar-refractivity contribution is 6.07. The lowest BCUT2D eigenvalue weighted by Gasteiger charge is -2.45. The summed E-state index contributed by atoms with van der Waals surface area (Å²) in [5.74, 6) is -6.10. The number of non-ortho nitro benzene ring substituents is 2. The van der Waals surface area contributed by atoms with Crippen LogP contribution in [0, 0.1) is 42.2 Å². The highest BCUT2D eigenvalue weighted by Crippen LogP contribution is 2.46. The average Bonchev–Trinajstić information content (AvgIpc) is 2.80. The summed E-state index contributed by atoms with van der Waals surface area (Å²) in [4.78, 5) is 56.4. The van der Waals surface area contributed by atoms with Crippen molar-refractivity contribution in [1.82, 2.24) is 0 Å². The minimum Gasteiger partial charge on any atom is -0.389 e. The summed E-state index contributed by atoms with van der Waals surface area (Å²) < 4.78 is 0. The van der Waals surface area contributed by atoms with E-state index in [1.54, 1.807) is 0 Å². The van der Waals surface area contributed by atoms with Crippen LogP contribution >= 0.6 is 0 Å². The normalized spacial score (nSPS) is 24.3. The first-order chi connectivity index (χ1) is 17.2. The van der Waals surface area contributed by atoms with Crippen molar-refractivity contribution in [3.63, 3.8) is 0 Å². The molecule has 0 bridgehead atoms. The van der Waals surface area contributed by atoms with E-state index in [-0.39, 0.29) is 22.6 Å². The number of primary amides is 2. The molecule has 37 heavy (non-hydrogen) atoms. The maximum Gasteiger partial charge on any atom is 0.301 e. The number of aliphatic hydroxyl groups is 1. The fraction of sp³-hybridized carbons (Fsp3) is 0.286. The Morgan fingerprint density at radius 1 is 1.00 bits per heavy atom. The van der Waals surface area contributed by atoms with Gasteiger partial charge in [0.15, 0.2) is 0 Å². The molecular formula is C21H21N7O9. The van der Waals surface area contributed by atoms with Crippen molar-refractivity contribution in [2.75, 3.05) is 5.43 Å². The van der Waals surface area contributed by atoms with Crippen molar-refractivity contribution < 1.29 is 29.5 Å². The van der Waals surface area contributed by atoms with E-state index >= 15 is 0 Å². The molecule has 1 aliphatic rings. The molecule has 0 spiro atoms. The Morgan fingerprint density at radius 3 is 2.16 bits per heavy atom. The molecule has 0 aromatic heterocycles. The number of carbonyl (C=O) groups is 2. The number of hydrazone groups is 1. The second kappa shape index (κ2) is 9.94. The second-order valence-electron chi connectivity index (χ2n) is 8.60. The van der Waals surface area contributed by atoms with E-state index in [4.69, 9.17) is 11.5 Å². The van der Waals surface area contributed by atoms with Gasteiger partial charge in [0.25, 0.3) is 11.4 Å². The minimum absolute atomic E-state index is 0.107. The third-order valence-corrected chi connectivity index (χ3v) is 6.07. The molecule has 1 aliphatic carbocycles. The molecular weight excluding hydrogens is 494 g/mol. The fourth-order valence-corrected chi connectivity index (χ4v) is 4.55. The molecule has 2 amide bonds. The predicted octanol–water partition coefficient (Wildman–Crippen LogP) is 1.32. The van der Waals surface area contributed by atoms with Crippen molar-refractivity contribution in [3.05, 3.63) is 78.4 Å². The first-order valence-electron chi connectivity index (χ1n) is 10.5. The summed E-state index contributed by atoms with van der Waals surface area (Å²) in [6, 6.07) is 7.76. The smallest absolute Gasteiger partial charge is 0.301 e. The van der Waals surface area contributed by atoms with Gasteiger partial charge >= 0.3 is 5.69 Å². The number of carbonyl (C=O) groups excluding carboxylic acids is 2. The number of benzene rings is 2. The van der Waals surface area contributed by atoms with Gasteiger partial charge in [-0.2, -0.15) is 5.10 Å². The summed E-state index contributed by atoms with van der Waals surface area (Å²) in [5, 5.41) is 48.9. The van der Waals surface area contributed by atoms with E-state index in [2.05, 4.69) is 10.5 Å². The van der Waals surface area contributed by atoms with Gasteiger partial charge < -0.3 is 16.6 Å². The summed E-state index contributed by atoms with van der Waals surface area (Å²) in [7, 11) is 0. The van der Waals surface area contributed by atoms with Crippen LogP contribution < -0.4 is 16.9 Å². The van der Waals surface area contributed by atoms with Crippen LogP contribution in [0.25, 0.3) is 0 Å². The van der Waals surface area contributed by atoms with Crippen LogP contribution in [0.15, 0.2) is 47.6 Å². The van der Waals surface area contributed by atoms with Crippen molar-refractivity contribution >= 4 is 40.3 Å². The molecule has 0 heterocycles. The number of nitrogens with one attached hydrogen (secondary N) is 1. The van der Waals surface area contributed by atoms with Crippen molar-refractivity contribution in [2.45, 2.75) is 24.9 Å². The SMILES string of the molecule is CC1(O)CC(=NNc2ccc([N+](=O)[O-])cc2[N+](=O)[O-])C(C(N)=O)C(c2cccc([N+](=O)[O-])c2)C1C(N)=O. The maximum absolute atomic E-state index is 12.6. The number of amides is 2. The van der Waals surface area contributed by atoms with E-state index < -0.39 is 67.7 Å². The topological polar surface area (TPSA) is 260 Å². The molecule has 16 heteroatoms. The minimum atomic E-state index is -1.91. The van der Waals surface area contributed by atoms with Gasteiger partial charge in [0.05, 0.1) is 44.0 Å². The van der Waals surface area contributed by atoms with Gasteiger partial charge in [0.2, 0.25) is 11.8 Å². The Bertz CT molecular complexity index is 1340. The standard InChI is InChI=1S/C21H21N7O9/c1-21(31)9-14(25-24-13-6-5-12(27(34)35)8-15(13)28(36)37)17(19(22)29)16(18(21)20(23)30)10-3-2-4-11(7-10)26(32)33/h2-8,16-18,24,31H,9H2,1H3,(H2,22,29)(H2,23,30). The average molecular weight is 515 g/mol. The van der Waals surface area contributed by atoms with Crippen LogP contribution in [0.2, 0.25) is 0 Å². The van der Waals surface area contributed by atoms with Gasteiger partial charge in [-0.15, -0.1) is 0 Å². The molecule has 1 saturated carbocycles. The molecule has 3 rings (SSSR count). The van der Waals surface area contributed by atoms with Crippen LogP contribution in [-0.4, -0.2) is 43.0 Å². The molecule has 1 fully saturated rings. The van der Waals surface area contributed by atoms with E-state index in [1.165, 1.54) is 25.1 Å². The van der Waals surface area contributed by atoms with Gasteiger partial charge in [0, 0.05) is 30.5 Å². The zero-order valence-corrected chi connectivity index (χ0v) is 19.1. The molecule has 4 atom stereocenters. The molecule has 0 radical (unpaired) electrons. The summed E-state index contributed by atoms with van der Waals surface area (Å²) in [5.41, 5.74) is 9.79. The number of nitro benzene ring substituents is 3. The molecule has 0 saturated heterocycles. The Labute approximate surface area is 207 Å². The second-order valence-corrected chi connectivity index (χ2v) is 8.60. The highest BCUT2D eigenvalue weighted by Gasteiger charge is 2.54. The lowest BCUT2D eigenvalue weighted by atomic mass is 9.61. The molecule has 4 unspecified atom stereocenters. The number of hydrogen-bond donors (Lipinski definition) is 4. The Hall–Kier alpha value is -4.99.